The number of halogens is 2. The Balaban J connectivity index is 2.36. The minimum absolute atomic E-state index is 0.0346. The Morgan fingerprint density at radius 3 is 2.45 bits per heavy atom. The highest BCUT2D eigenvalue weighted by molar-refractivity contribution is 9.08. The zero-order valence-corrected chi connectivity index (χ0v) is 13.5. The lowest BCUT2D eigenvalue weighted by Crippen LogP contribution is -2.10. The molecular formula is C17H18BrFO. The van der Waals surface area contributed by atoms with E-state index in [-0.39, 0.29) is 17.0 Å². The second kappa shape index (κ2) is 5.96. The van der Waals surface area contributed by atoms with Crippen molar-refractivity contribution in [2.24, 2.45) is 0 Å². The Hall–Kier alpha value is -1.35. The summed E-state index contributed by atoms with van der Waals surface area (Å²) in [6.07, 6.45) is 0. The molecule has 0 fully saturated rings. The van der Waals surface area contributed by atoms with Gasteiger partial charge in [0.2, 0.25) is 0 Å². The van der Waals surface area contributed by atoms with Crippen LogP contribution in [0.25, 0.3) is 0 Å². The van der Waals surface area contributed by atoms with Crippen LogP contribution < -0.4 is 4.74 Å². The fourth-order valence-electron chi connectivity index (χ4n) is 1.92. The topological polar surface area (TPSA) is 9.23 Å². The molecule has 0 radical (unpaired) electrons. The van der Waals surface area contributed by atoms with E-state index >= 15 is 0 Å². The summed E-state index contributed by atoms with van der Waals surface area (Å²) in [7, 11) is 0. The highest BCUT2D eigenvalue weighted by atomic mass is 79.9. The fourth-order valence-corrected chi connectivity index (χ4v) is 2.36. The van der Waals surface area contributed by atoms with E-state index in [9.17, 15) is 4.39 Å². The summed E-state index contributed by atoms with van der Waals surface area (Å²) in [5.74, 6) is 0.600. The van der Waals surface area contributed by atoms with E-state index in [1.165, 1.54) is 6.07 Å². The first-order valence-corrected chi connectivity index (χ1v) is 7.65. The van der Waals surface area contributed by atoms with Crippen LogP contribution >= 0.6 is 15.9 Å². The number of hydrogen-bond donors (Lipinski definition) is 0. The van der Waals surface area contributed by atoms with Gasteiger partial charge in [-0.1, -0.05) is 61.0 Å². The van der Waals surface area contributed by atoms with E-state index in [4.69, 9.17) is 4.74 Å². The Morgan fingerprint density at radius 2 is 1.80 bits per heavy atom. The van der Waals surface area contributed by atoms with Gasteiger partial charge in [-0.25, -0.2) is 4.39 Å². The molecule has 2 aromatic rings. The maximum atomic E-state index is 13.9. The summed E-state index contributed by atoms with van der Waals surface area (Å²) in [5.41, 5.74) is 1.99. The summed E-state index contributed by atoms with van der Waals surface area (Å²) >= 11 is 3.36. The third-order valence-corrected chi connectivity index (χ3v) is 3.72. The maximum Gasteiger partial charge on any atom is 0.167 e. The number of benzene rings is 2. The van der Waals surface area contributed by atoms with Gasteiger partial charge < -0.3 is 4.74 Å². The van der Waals surface area contributed by atoms with Crippen LogP contribution in [0.3, 0.4) is 0 Å². The molecule has 0 bridgehead atoms. The number of ether oxygens (including phenoxy) is 1. The average molecular weight is 337 g/mol. The van der Waals surface area contributed by atoms with Crippen molar-refractivity contribution in [1.29, 1.82) is 0 Å². The van der Waals surface area contributed by atoms with Crippen LogP contribution in [-0.2, 0) is 10.7 Å². The summed E-state index contributed by atoms with van der Waals surface area (Å²) < 4.78 is 19.7. The van der Waals surface area contributed by atoms with Gasteiger partial charge in [0.15, 0.2) is 11.6 Å². The number of rotatable bonds is 3. The highest BCUT2D eigenvalue weighted by Crippen LogP contribution is 2.32. The molecule has 0 aromatic heterocycles. The zero-order valence-electron chi connectivity index (χ0n) is 11.9. The quantitative estimate of drug-likeness (QED) is 0.642. The SMILES string of the molecule is CC(C)(C)c1cccc(Oc2c(F)cccc2CBr)c1. The molecule has 0 aliphatic rings. The predicted molar refractivity (Wildman–Crippen MR) is 84.2 cm³/mol. The molecule has 0 unspecified atom stereocenters. The van der Waals surface area contributed by atoms with Gasteiger partial charge in [0.25, 0.3) is 0 Å². The Kier molecular flexibility index (Phi) is 4.48. The van der Waals surface area contributed by atoms with Gasteiger partial charge in [0.1, 0.15) is 5.75 Å². The first kappa shape index (κ1) is 15.0. The van der Waals surface area contributed by atoms with Crippen molar-refractivity contribution < 1.29 is 9.13 Å². The average Bonchev–Trinajstić information content (AvgIpc) is 2.40. The lowest BCUT2D eigenvalue weighted by atomic mass is 9.87. The molecule has 0 spiro atoms. The van der Waals surface area contributed by atoms with Crippen molar-refractivity contribution in [2.75, 3.05) is 0 Å². The molecule has 0 heterocycles. The van der Waals surface area contributed by atoms with Crippen molar-refractivity contribution in [2.45, 2.75) is 31.5 Å². The normalized spacial score (nSPS) is 11.4. The van der Waals surface area contributed by atoms with Gasteiger partial charge in [-0.15, -0.1) is 0 Å². The standard InChI is InChI=1S/C17H18BrFO/c1-17(2,3)13-7-5-8-14(10-13)20-16-12(11-18)6-4-9-15(16)19/h4-10H,11H2,1-3H3. The van der Waals surface area contributed by atoms with Crippen LogP contribution in [0.1, 0.15) is 31.9 Å². The summed E-state index contributed by atoms with van der Waals surface area (Å²) in [6, 6.07) is 12.7. The van der Waals surface area contributed by atoms with Crippen molar-refractivity contribution in [3.8, 4) is 11.5 Å². The summed E-state index contributed by atoms with van der Waals surface area (Å²) in [4.78, 5) is 0. The lowest BCUT2D eigenvalue weighted by molar-refractivity contribution is 0.436. The lowest BCUT2D eigenvalue weighted by Gasteiger charge is -2.20. The molecule has 0 amide bonds. The second-order valence-corrected chi connectivity index (χ2v) is 6.30. The van der Waals surface area contributed by atoms with Gasteiger partial charge in [0, 0.05) is 10.9 Å². The van der Waals surface area contributed by atoms with Crippen LogP contribution in [0.5, 0.6) is 11.5 Å². The Morgan fingerprint density at radius 1 is 1.10 bits per heavy atom. The number of hydrogen-bond acceptors (Lipinski definition) is 1. The molecule has 1 nitrogen and oxygen atoms in total. The molecule has 0 saturated carbocycles. The minimum atomic E-state index is -0.344. The van der Waals surface area contributed by atoms with Gasteiger partial charge >= 0.3 is 0 Å². The van der Waals surface area contributed by atoms with Gasteiger partial charge in [-0.05, 0) is 29.2 Å². The van der Waals surface area contributed by atoms with Crippen LogP contribution in [0, 0.1) is 5.82 Å². The van der Waals surface area contributed by atoms with Gasteiger partial charge in [-0.3, -0.25) is 0 Å². The minimum Gasteiger partial charge on any atom is -0.454 e. The molecule has 0 aliphatic heterocycles. The van der Waals surface area contributed by atoms with Crippen molar-refractivity contribution >= 4 is 15.9 Å². The first-order chi connectivity index (χ1) is 9.41. The Bertz CT molecular complexity index is 602. The molecule has 0 aliphatic carbocycles. The predicted octanol–water partition coefficient (Wildman–Crippen LogP) is 5.81. The summed E-state index contributed by atoms with van der Waals surface area (Å²) in [5, 5.41) is 0.555. The third-order valence-electron chi connectivity index (χ3n) is 3.11. The van der Waals surface area contributed by atoms with Gasteiger partial charge in [0.05, 0.1) is 0 Å². The molecule has 20 heavy (non-hydrogen) atoms. The van der Waals surface area contributed by atoms with Crippen LogP contribution in [0.15, 0.2) is 42.5 Å². The molecule has 0 atom stereocenters. The molecule has 2 rings (SSSR count). The van der Waals surface area contributed by atoms with Gasteiger partial charge in [-0.2, -0.15) is 0 Å². The van der Waals surface area contributed by atoms with Crippen LogP contribution in [-0.4, -0.2) is 0 Å². The molecular weight excluding hydrogens is 319 g/mol. The van der Waals surface area contributed by atoms with E-state index in [0.29, 0.717) is 11.1 Å². The zero-order chi connectivity index (χ0) is 14.8. The molecule has 106 valence electrons. The van der Waals surface area contributed by atoms with Crippen molar-refractivity contribution in [3.05, 3.63) is 59.4 Å². The van der Waals surface area contributed by atoms with E-state index in [1.54, 1.807) is 6.07 Å². The largest absolute Gasteiger partial charge is 0.454 e. The van der Waals surface area contributed by atoms with E-state index in [2.05, 4.69) is 42.8 Å². The molecule has 0 saturated heterocycles. The smallest absolute Gasteiger partial charge is 0.167 e. The highest BCUT2D eigenvalue weighted by Gasteiger charge is 2.15. The number of para-hydroxylation sites is 1. The molecule has 3 heteroatoms. The van der Waals surface area contributed by atoms with E-state index < -0.39 is 0 Å². The molecule has 0 N–H and O–H groups in total. The third kappa shape index (κ3) is 3.40. The van der Waals surface area contributed by atoms with Crippen LogP contribution in [0.4, 0.5) is 4.39 Å². The van der Waals surface area contributed by atoms with E-state index in [1.807, 2.05) is 24.3 Å². The maximum absolute atomic E-state index is 13.9. The monoisotopic (exact) mass is 336 g/mol. The fraction of sp³-hybridized carbons (Fsp3) is 0.294. The first-order valence-electron chi connectivity index (χ1n) is 6.53. The second-order valence-electron chi connectivity index (χ2n) is 5.74. The Labute approximate surface area is 127 Å². The van der Waals surface area contributed by atoms with Crippen LogP contribution in [0.2, 0.25) is 0 Å². The number of alkyl halides is 1. The van der Waals surface area contributed by atoms with E-state index in [0.717, 1.165) is 11.1 Å². The summed E-state index contributed by atoms with van der Waals surface area (Å²) in [6.45, 7) is 6.41. The van der Waals surface area contributed by atoms with Crippen molar-refractivity contribution in [3.63, 3.8) is 0 Å². The molecule has 2 aromatic carbocycles. The van der Waals surface area contributed by atoms with Crippen molar-refractivity contribution in [1.82, 2.24) is 0 Å².